The van der Waals surface area contributed by atoms with Crippen LogP contribution in [0.2, 0.25) is 0 Å². The Morgan fingerprint density at radius 3 is 2.56 bits per heavy atom. The molecule has 0 unspecified atom stereocenters. The van der Waals surface area contributed by atoms with Crippen LogP contribution in [0.15, 0.2) is 39.9 Å². The molecule has 0 bridgehead atoms. The fourth-order valence-corrected chi connectivity index (χ4v) is 4.64. The van der Waals surface area contributed by atoms with Gasteiger partial charge in [0, 0.05) is 37.8 Å². The number of aromatic nitrogens is 5. The molecule has 1 N–H and O–H groups in total. The van der Waals surface area contributed by atoms with Crippen molar-refractivity contribution in [3.05, 3.63) is 62.6 Å². The zero-order valence-corrected chi connectivity index (χ0v) is 24.9. The first-order chi connectivity index (χ1) is 19.3. The van der Waals surface area contributed by atoms with Gasteiger partial charge >= 0.3 is 11.8 Å². The Morgan fingerprint density at radius 2 is 1.88 bits per heavy atom. The second kappa shape index (κ2) is 11.5. The van der Waals surface area contributed by atoms with E-state index >= 15 is 0 Å². The molecule has 11 heteroatoms. The molecule has 11 nitrogen and oxygen atoms in total. The van der Waals surface area contributed by atoms with Gasteiger partial charge in [0.05, 0.1) is 18.8 Å². The van der Waals surface area contributed by atoms with Gasteiger partial charge in [0.15, 0.2) is 11.2 Å². The van der Waals surface area contributed by atoms with Crippen molar-refractivity contribution in [2.45, 2.75) is 66.3 Å². The second-order valence-corrected chi connectivity index (χ2v) is 11.1. The summed E-state index contributed by atoms with van der Waals surface area (Å²) in [6.07, 6.45) is -0.523. The highest BCUT2D eigenvalue weighted by Gasteiger charge is 2.25. The average molecular weight is 560 g/mol. The van der Waals surface area contributed by atoms with E-state index in [4.69, 9.17) is 9.72 Å². The monoisotopic (exact) mass is 559 g/mol. The van der Waals surface area contributed by atoms with E-state index in [1.54, 1.807) is 39.3 Å². The Balaban J connectivity index is 1.79. The molecule has 1 amide bonds. The molecule has 41 heavy (non-hydrogen) atoms. The van der Waals surface area contributed by atoms with Crippen LogP contribution < -0.4 is 21.5 Å². The number of imidazole rings is 1. The first-order valence-corrected chi connectivity index (χ1v) is 13.5. The Morgan fingerprint density at radius 1 is 1.17 bits per heavy atom. The molecule has 1 aromatic carbocycles. The topological polar surface area (TPSA) is 116 Å². The molecule has 1 atom stereocenters. The van der Waals surface area contributed by atoms with Gasteiger partial charge in [-0.1, -0.05) is 30.2 Å². The van der Waals surface area contributed by atoms with Crippen LogP contribution in [0.25, 0.3) is 21.9 Å². The number of anilines is 1. The minimum Gasteiger partial charge on any atom is -0.444 e. The third-order valence-electron chi connectivity index (χ3n) is 6.80. The smallest absolute Gasteiger partial charge is 0.407 e. The number of hydrogen-bond acceptors (Lipinski definition) is 7. The van der Waals surface area contributed by atoms with Gasteiger partial charge in [-0.3, -0.25) is 23.5 Å². The van der Waals surface area contributed by atoms with Crippen molar-refractivity contribution >= 4 is 34.0 Å². The zero-order chi connectivity index (χ0) is 30.1. The van der Waals surface area contributed by atoms with Crippen molar-refractivity contribution in [1.29, 1.82) is 0 Å². The van der Waals surface area contributed by atoms with E-state index < -0.39 is 22.9 Å². The Hall–Kier alpha value is -4.59. The van der Waals surface area contributed by atoms with E-state index in [1.807, 2.05) is 56.1 Å². The molecule has 0 fully saturated rings. The number of nitrogens with one attached hydrogen (secondary N) is 1. The van der Waals surface area contributed by atoms with Crippen molar-refractivity contribution in [1.82, 2.24) is 29.0 Å². The molecule has 0 saturated heterocycles. The van der Waals surface area contributed by atoms with E-state index in [2.05, 4.69) is 22.1 Å². The standard InChI is InChI=1S/C30H37N7O4/c1-9-10-15-36-24-25(33-27(36)34(7)20(3)17-31-28(39)41-30(4,5)6)35(8)29(40)37(26(24)38)18-23-22-14-12-11-13-21(22)16-19(2)32-23/h11-14,16,20H,15,17-18H2,1-8H3,(H,31,39)/t20-/m1/s1. The summed E-state index contributed by atoms with van der Waals surface area (Å²) in [5.41, 5.74) is 0.377. The molecule has 0 radical (unpaired) electrons. The van der Waals surface area contributed by atoms with Gasteiger partial charge in [0.25, 0.3) is 5.56 Å². The number of carbonyl (C=O) groups excluding carboxylic acids is 1. The Kier molecular flexibility index (Phi) is 8.24. The van der Waals surface area contributed by atoms with Crippen LogP contribution in [0.5, 0.6) is 0 Å². The maximum Gasteiger partial charge on any atom is 0.407 e. The molecular formula is C30H37N7O4. The number of likely N-dealkylation sites (N-methyl/N-ethyl adjacent to an activating group) is 1. The fraction of sp³-hybridized carbons (Fsp3) is 0.433. The number of aryl methyl sites for hydroxylation is 2. The predicted molar refractivity (Wildman–Crippen MR) is 160 cm³/mol. The highest BCUT2D eigenvalue weighted by Crippen LogP contribution is 2.22. The van der Waals surface area contributed by atoms with Crippen LogP contribution in [0.1, 0.15) is 46.0 Å². The van der Waals surface area contributed by atoms with Crippen molar-refractivity contribution in [2.24, 2.45) is 7.05 Å². The van der Waals surface area contributed by atoms with Crippen LogP contribution in [-0.2, 0) is 24.9 Å². The van der Waals surface area contributed by atoms with E-state index in [0.29, 0.717) is 11.6 Å². The molecule has 0 aliphatic heterocycles. The molecule has 4 rings (SSSR count). The number of hydrogen-bond donors (Lipinski definition) is 1. The summed E-state index contributed by atoms with van der Waals surface area (Å²) in [5.74, 6) is 6.35. The van der Waals surface area contributed by atoms with Gasteiger partial charge in [-0.25, -0.2) is 9.59 Å². The van der Waals surface area contributed by atoms with Gasteiger partial charge in [-0.2, -0.15) is 4.98 Å². The largest absolute Gasteiger partial charge is 0.444 e. The predicted octanol–water partition coefficient (Wildman–Crippen LogP) is 3.17. The molecule has 3 heterocycles. The minimum atomic E-state index is -0.614. The van der Waals surface area contributed by atoms with Gasteiger partial charge < -0.3 is 15.0 Å². The summed E-state index contributed by atoms with van der Waals surface area (Å²) < 4.78 is 9.64. The van der Waals surface area contributed by atoms with Crippen LogP contribution in [0.4, 0.5) is 10.7 Å². The van der Waals surface area contributed by atoms with Gasteiger partial charge in [0.2, 0.25) is 5.95 Å². The highest BCUT2D eigenvalue weighted by atomic mass is 16.6. The number of alkyl carbamates (subject to hydrolysis) is 1. The third kappa shape index (κ3) is 6.11. The first-order valence-electron chi connectivity index (χ1n) is 13.5. The third-order valence-corrected chi connectivity index (χ3v) is 6.80. The molecule has 0 spiro atoms. The summed E-state index contributed by atoms with van der Waals surface area (Å²) in [7, 11) is 3.42. The molecule has 216 valence electrons. The summed E-state index contributed by atoms with van der Waals surface area (Å²) in [6, 6.07) is 9.52. The van der Waals surface area contributed by atoms with Crippen LogP contribution in [0, 0.1) is 18.8 Å². The first kappa shape index (κ1) is 29.4. The average Bonchev–Trinajstić information content (AvgIpc) is 3.29. The summed E-state index contributed by atoms with van der Waals surface area (Å²) in [6.45, 7) is 11.4. The van der Waals surface area contributed by atoms with Crippen LogP contribution in [0.3, 0.4) is 0 Å². The summed E-state index contributed by atoms with van der Waals surface area (Å²) in [5, 5.41) is 4.64. The van der Waals surface area contributed by atoms with Crippen LogP contribution >= 0.6 is 0 Å². The molecular weight excluding hydrogens is 522 g/mol. The normalized spacial score (nSPS) is 12.2. The van der Waals surface area contributed by atoms with E-state index in [1.165, 1.54) is 9.13 Å². The SMILES string of the molecule is CC#CCn1c(N(C)[C@H](C)CNC(=O)OC(C)(C)C)nc2c1c(=O)n(Cc1nc(C)cc3ccccc13)c(=O)n2C. The van der Waals surface area contributed by atoms with Crippen molar-refractivity contribution < 1.29 is 9.53 Å². The van der Waals surface area contributed by atoms with Gasteiger partial charge in [0.1, 0.15) is 5.60 Å². The van der Waals surface area contributed by atoms with Crippen molar-refractivity contribution in [2.75, 3.05) is 18.5 Å². The maximum absolute atomic E-state index is 14.0. The van der Waals surface area contributed by atoms with Gasteiger partial charge in [-0.15, -0.1) is 5.92 Å². The van der Waals surface area contributed by atoms with Gasteiger partial charge in [-0.05, 0) is 53.0 Å². The number of nitrogens with zero attached hydrogens (tertiary/aromatic N) is 6. The molecule has 0 aliphatic rings. The number of carbonyl (C=O) groups is 1. The highest BCUT2D eigenvalue weighted by molar-refractivity contribution is 5.85. The fourth-order valence-electron chi connectivity index (χ4n) is 4.64. The van der Waals surface area contributed by atoms with E-state index in [0.717, 1.165) is 16.5 Å². The molecule has 3 aromatic heterocycles. The lowest BCUT2D eigenvalue weighted by Gasteiger charge is -2.27. The number of amides is 1. The lowest BCUT2D eigenvalue weighted by atomic mass is 10.1. The Bertz CT molecular complexity index is 1800. The van der Waals surface area contributed by atoms with E-state index in [9.17, 15) is 14.4 Å². The van der Waals surface area contributed by atoms with Crippen LogP contribution in [-0.4, -0.2) is 55.0 Å². The number of pyridine rings is 1. The summed E-state index contributed by atoms with van der Waals surface area (Å²) in [4.78, 5) is 50.9. The lowest BCUT2D eigenvalue weighted by molar-refractivity contribution is 0.0525. The number of benzene rings is 1. The van der Waals surface area contributed by atoms with Crippen molar-refractivity contribution in [3.8, 4) is 11.8 Å². The molecule has 4 aromatic rings. The number of rotatable bonds is 7. The maximum atomic E-state index is 14.0. The number of ether oxygens (including phenoxy) is 1. The quantitative estimate of drug-likeness (QED) is 0.346. The Labute approximate surface area is 238 Å². The number of fused-ring (bicyclic) bond motifs is 2. The summed E-state index contributed by atoms with van der Waals surface area (Å²) >= 11 is 0. The molecule has 0 saturated carbocycles. The lowest BCUT2D eigenvalue weighted by Crippen LogP contribution is -2.43. The van der Waals surface area contributed by atoms with Crippen molar-refractivity contribution in [3.63, 3.8) is 0 Å². The molecule has 0 aliphatic carbocycles. The minimum absolute atomic E-state index is 0.00958. The van der Waals surface area contributed by atoms with E-state index in [-0.39, 0.29) is 36.8 Å². The zero-order valence-electron chi connectivity index (χ0n) is 24.9. The second-order valence-electron chi connectivity index (χ2n) is 11.1.